The van der Waals surface area contributed by atoms with Gasteiger partial charge in [0, 0.05) is 12.6 Å². The van der Waals surface area contributed by atoms with Crippen molar-refractivity contribution < 1.29 is 28.2 Å². The van der Waals surface area contributed by atoms with Gasteiger partial charge in [0.2, 0.25) is 0 Å². The second-order valence-electron chi connectivity index (χ2n) is 9.53. The van der Waals surface area contributed by atoms with E-state index in [0.717, 1.165) is 55.5 Å². The van der Waals surface area contributed by atoms with Crippen LogP contribution >= 0.6 is 0 Å². The van der Waals surface area contributed by atoms with Gasteiger partial charge in [0.05, 0.1) is 16.9 Å². The molecule has 1 heterocycles. The van der Waals surface area contributed by atoms with Gasteiger partial charge in [-0.3, -0.25) is 4.79 Å². The molecule has 5 nitrogen and oxygen atoms in total. The van der Waals surface area contributed by atoms with Crippen LogP contribution in [0.3, 0.4) is 0 Å². The molecule has 0 aromatic heterocycles. The van der Waals surface area contributed by atoms with E-state index in [4.69, 9.17) is 0 Å². The minimum Gasteiger partial charge on any atom is -0.508 e. The number of carbonyl (C=O) groups excluding carboxylic acids is 1. The van der Waals surface area contributed by atoms with E-state index in [9.17, 15) is 28.2 Å². The molecule has 1 aliphatic heterocycles. The number of hydrogen-bond donors (Lipinski definition) is 2. The number of aromatic hydroxyl groups is 2. The van der Waals surface area contributed by atoms with Crippen LogP contribution in [0.5, 0.6) is 11.5 Å². The van der Waals surface area contributed by atoms with Gasteiger partial charge in [-0.05, 0) is 77.6 Å². The highest BCUT2D eigenvalue weighted by molar-refractivity contribution is 6.15. The SMILES string of the molecule is CC(C)=CCC/C(C)=C/CC/C(C)=C/CN1C(=O)c2cccc(O)c2N(C(F)(F)F)c2ccc(O)cc21. The van der Waals surface area contributed by atoms with Crippen LogP contribution in [0.4, 0.5) is 30.2 Å². The second-order valence-corrected chi connectivity index (χ2v) is 9.53. The van der Waals surface area contributed by atoms with E-state index in [-0.39, 0.29) is 34.1 Å². The molecule has 0 spiro atoms. The van der Waals surface area contributed by atoms with Crippen molar-refractivity contribution in [3.63, 3.8) is 0 Å². The number of carbonyl (C=O) groups is 1. The van der Waals surface area contributed by atoms with E-state index in [2.05, 4.69) is 32.9 Å². The zero-order valence-corrected chi connectivity index (χ0v) is 21.6. The standard InChI is InChI=1S/C29H33F3N2O3/c1-19(2)8-5-9-20(3)10-6-11-21(4)16-17-33-25-18-22(35)14-15-24(25)34(29(30,31)32)27-23(28(33)37)12-7-13-26(27)36/h7-8,10,12-16,18,35-36H,5-6,9,11,17H2,1-4H3/b20-10+,21-16+. The average molecular weight is 515 g/mol. The molecule has 2 aromatic carbocycles. The van der Waals surface area contributed by atoms with E-state index in [1.54, 1.807) is 0 Å². The number of hydrogen-bond acceptors (Lipinski definition) is 4. The number of para-hydroxylation sites is 1. The lowest BCUT2D eigenvalue weighted by Gasteiger charge is -2.29. The van der Waals surface area contributed by atoms with Gasteiger partial charge in [-0.1, -0.05) is 41.0 Å². The third-order valence-electron chi connectivity index (χ3n) is 6.20. The maximum atomic E-state index is 14.3. The number of amides is 1. The fraction of sp³-hybridized carbons (Fsp3) is 0.345. The lowest BCUT2D eigenvalue weighted by molar-refractivity contribution is -0.121. The predicted molar refractivity (Wildman–Crippen MR) is 141 cm³/mol. The molecule has 3 rings (SSSR count). The van der Waals surface area contributed by atoms with Crippen molar-refractivity contribution in [1.82, 2.24) is 0 Å². The third kappa shape index (κ3) is 6.76. The Morgan fingerprint density at radius 1 is 0.892 bits per heavy atom. The average Bonchev–Trinajstić information content (AvgIpc) is 2.90. The first-order valence-electron chi connectivity index (χ1n) is 12.2. The van der Waals surface area contributed by atoms with Gasteiger partial charge in [-0.2, -0.15) is 0 Å². The summed E-state index contributed by atoms with van der Waals surface area (Å²) in [6, 6.07) is 7.06. The first-order valence-corrected chi connectivity index (χ1v) is 12.2. The molecule has 0 aliphatic carbocycles. The molecule has 2 aromatic rings. The Morgan fingerprint density at radius 3 is 2.19 bits per heavy atom. The van der Waals surface area contributed by atoms with Crippen LogP contribution in [0.25, 0.3) is 0 Å². The van der Waals surface area contributed by atoms with Gasteiger partial charge in [0.25, 0.3) is 5.91 Å². The quantitative estimate of drug-likeness (QED) is 0.276. The molecule has 198 valence electrons. The lowest BCUT2D eigenvalue weighted by atomic mass is 10.1. The molecule has 0 bridgehead atoms. The highest BCUT2D eigenvalue weighted by Crippen LogP contribution is 2.50. The Hall–Kier alpha value is -3.68. The van der Waals surface area contributed by atoms with Crippen molar-refractivity contribution in [3.8, 4) is 11.5 Å². The number of alkyl halides is 3. The minimum absolute atomic E-state index is 0.00514. The number of allylic oxidation sites excluding steroid dienone is 5. The summed E-state index contributed by atoms with van der Waals surface area (Å²) in [5, 5.41) is 20.4. The summed E-state index contributed by atoms with van der Waals surface area (Å²) >= 11 is 0. The zero-order chi connectivity index (χ0) is 27.3. The smallest absolute Gasteiger partial charge is 0.489 e. The number of rotatable bonds is 8. The van der Waals surface area contributed by atoms with Crippen molar-refractivity contribution in [2.75, 3.05) is 16.3 Å². The summed E-state index contributed by atoms with van der Waals surface area (Å²) < 4.78 is 42.8. The zero-order valence-electron chi connectivity index (χ0n) is 21.6. The number of phenols is 2. The molecule has 0 saturated carbocycles. The number of fused-ring (bicyclic) bond motifs is 2. The van der Waals surface area contributed by atoms with Gasteiger partial charge < -0.3 is 15.1 Å². The van der Waals surface area contributed by atoms with Crippen LogP contribution in [0.2, 0.25) is 0 Å². The summed E-state index contributed by atoms with van der Waals surface area (Å²) in [4.78, 5) is 14.7. The molecular weight excluding hydrogens is 481 g/mol. The predicted octanol–water partition coefficient (Wildman–Crippen LogP) is 8.14. The van der Waals surface area contributed by atoms with E-state index >= 15 is 0 Å². The number of phenolic OH excluding ortho intramolecular Hbond substituents is 2. The van der Waals surface area contributed by atoms with Crippen molar-refractivity contribution in [2.24, 2.45) is 0 Å². The van der Waals surface area contributed by atoms with E-state index in [1.165, 1.54) is 28.2 Å². The largest absolute Gasteiger partial charge is 0.508 e. The lowest BCUT2D eigenvalue weighted by Crippen LogP contribution is -2.34. The molecule has 0 atom stereocenters. The third-order valence-corrected chi connectivity index (χ3v) is 6.20. The van der Waals surface area contributed by atoms with Crippen LogP contribution in [0.1, 0.15) is 63.7 Å². The van der Waals surface area contributed by atoms with E-state index < -0.39 is 23.6 Å². The van der Waals surface area contributed by atoms with E-state index in [1.807, 2.05) is 13.0 Å². The number of anilines is 3. The van der Waals surface area contributed by atoms with Crippen LogP contribution < -0.4 is 9.80 Å². The molecule has 0 fully saturated rings. The van der Waals surface area contributed by atoms with Crippen LogP contribution in [0.15, 0.2) is 71.3 Å². The van der Waals surface area contributed by atoms with Gasteiger partial charge in [-0.15, -0.1) is 13.2 Å². The molecule has 1 amide bonds. The maximum absolute atomic E-state index is 14.3. The Morgan fingerprint density at radius 2 is 1.54 bits per heavy atom. The fourth-order valence-electron chi connectivity index (χ4n) is 4.26. The summed E-state index contributed by atoms with van der Waals surface area (Å²) in [6.45, 7) is 8.16. The highest BCUT2D eigenvalue weighted by atomic mass is 19.4. The second kappa shape index (κ2) is 11.6. The molecule has 1 aliphatic rings. The van der Waals surface area contributed by atoms with Crippen molar-refractivity contribution in [3.05, 3.63) is 76.9 Å². The van der Waals surface area contributed by atoms with Crippen LogP contribution in [-0.2, 0) is 0 Å². The Kier molecular flexibility index (Phi) is 8.73. The van der Waals surface area contributed by atoms with E-state index in [0.29, 0.717) is 0 Å². The van der Waals surface area contributed by atoms with Crippen molar-refractivity contribution in [2.45, 2.75) is 59.7 Å². The van der Waals surface area contributed by atoms with Crippen molar-refractivity contribution >= 4 is 23.0 Å². The Labute approximate surface area is 215 Å². The Bertz CT molecular complexity index is 1240. The van der Waals surface area contributed by atoms with Gasteiger partial charge >= 0.3 is 6.30 Å². The molecule has 0 radical (unpaired) electrons. The first kappa shape index (κ1) is 27.9. The molecule has 2 N–H and O–H groups in total. The van der Waals surface area contributed by atoms with Crippen molar-refractivity contribution in [1.29, 1.82) is 0 Å². The number of halogens is 3. The summed E-state index contributed by atoms with van der Waals surface area (Å²) in [7, 11) is 0. The number of benzene rings is 2. The van der Waals surface area contributed by atoms with Gasteiger partial charge in [-0.25, -0.2) is 4.90 Å². The number of nitrogens with zero attached hydrogens (tertiary/aromatic N) is 2. The topological polar surface area (TPSA) is 64.0 Å². The normalized spacial score (nSPS) is 14.3. The first-order chi connectivity index (χ1) is 17.4. The van der Waals surface area contributed by atoms with Crippen LogP contribution in [-0.4, -0.2) is 29.0 Å². The van der Waals surface area contributed by atoms with Crippen LogP contribution in [0, 0.1) is 0 Å². The minimum atomic E-state index is -4.93. The molecular formula is C29H33F3N2O3. The maximum Gasteiger partial charge on any atom is 0.489 e. The Balaban J connectivity index is 1.91. The molecule has 0 unspecified atom stereocenters. The summed E-state index contributed by atoms with van der Waals surface area (Å²) in [6.07, 6.45) is 4.79. The molecule has 8 heteroatoms. The van der Waals surface area contributed by atoms with Gasteiger partial charge in [0.15, 0.2) is 0 Å². The monoisotopic (exact) mass is 514 g/mol. The molecule has 37 heavy (non-hydrogen) atoms. The summed E-state index contributed by atoms with van der Waals surface area (Å²) in [5.41, 5.74) is 2.19. The fourth-order valence-corrected chi connectivity index (χ4v) is 4.26. The molecule has 0 saturated heterocycles. The highest BCUT2D eigenvalue weighted by Gasteiger charge is 2.46. The summed E-state index contributed by atoms with van der Waals surface area (Å²) in [5.74, 6) is -1.64. The van der Waals surface area contributed by atoms with Gasteiger partial charge in [0.1, 0.15) is 17.2 Å².